The Morgan fingerprint density at radius 2 is 0.740 bits per heavy atom. The van der Waals surface area contributed by atoms with Gasteiger partial charge in [-0.15, -0.1) is 0 Å². The van der Waals surface area contributed by atoms with Crippen molar-refractivity contribution in [3.63, 3.8) is 0 Å². The molecule has 11 aliphatic rings. The van der Waals surface area contributed by atoms with Gasteiger partial charge in [-0.2, -0.15) is 127 Å². The lowest BCUT2D eigenvalue weighted by Crippen LogP contribution is -2.55. The Morgan fingerprint density at radius 3 is 1.06 bits per heavy atom. The number of carbonyl (C=O) groups excluding carboxylic acids is 3. The van der Waals surface area contributed by atoms with E-state index >= 15 is 0 Å². The smallest absolute Gasteiger partial charge is 0.318 e. The van der Waals surface area contributed by atoms with Gasteiger partial charge in [0, 0.05) is 186 Å². The lowest BCUT2D eigenvalue weighted by Gasteiger charge is -2.42. The number of piperazine rings is 3. The number of carbonyl (C=O) groups is 3. The first kappa shape index (κ1) is 120. The number of aromatic nitrogens is 6. The molecule has 0 spiro atoms. The summed E-state index contributed by atoms with van der Waals surface area (Å²) in [6.45, 7) is 16.6. The van der Waals surface area contributed by atoms with Crippen LogP contribution in [0.25, 0.3) is 32.3 Å². The van der Waals surface area contributed by atoms with Crippen LogP contribution in [0.15, 0.2) is 133 Å². The topological polar surface area (TPSA) is 293 Å². The predicted octanol–water partition coefficient (Wildman–Crippen LogP) is 14.6. The second-order valence-corrected chi connectivity index (χ2v) is 40.4. The number of anilines is 6. The maximum atomic E-state index is 13.5. The number of likely N-dealkylation sites (tertiary alicyclic amines) is 5. The summed E-state index contributed by atoms with van der Waals surface area (Å²) in [5.41, 5.74) is 9.22. The van der Waals surface area contributed by atoms with Crippen LogP contribution < -0.4 is 43.6 Å². The Morgan fingerprint density at radius 1 is 0.407 bits per heavy atom. The van der Waals surface area contributed by atoms with Gasteiger partial charge in [0.1, 0.15) is 56.2 Å². The number of aliphatic hydroxyl groups excluding tert-OH is 1. The molecule has 14 heterocycles. The molecule has 0 aliphatic carbocycles. The standard InChI is InChI=1S/C38H46ClFN8O2.C37H44ClFN8O2.C33H36ClN7O3.CH4.6H2S/c1-44-17-6-9-30(44)26-50-38-42-33-25-46(34-11-5-8-27-7-4-10-32(39)36(27)34)20-15-31(33)37(43-38)47-21-22-48(29(24-47)13-16-41)35(49)12-2-3-18-45-19-14-28(40)23-45;1-43-16-6-9-29(43)25-49-37-41-32-24-45(33-11-5-8-26-7-4-10-31(38)35(26)33)18-14-30(32)36(42-37)46-19-20-47(28(23-46)13-15-40)34(48)12-2-3-17-44-21-27(39)22-44;1-38-15-4-8-25(38)22-44-33-36-28-21-39(29-10-3-7-23-6-2-9-27(34)31(23)29)16-13-26(28)32(37-33)40-17-18-41(24(20-40)12-14-35)30(43)11-5-19-42;;;;;;;/h2,4-5,7-8,10-12,28-30H,3,6,9,13-15,17-26H2,1H3;2,4-5,7-8,10-12,27-29H,3,6,9,13-14,16-25H2,1H3;2-3,6-7,9-10,24-25,42H,4,8,12-13,15-22H2,1H3;1H4;6*1H2/b2*12-2+;;;;;;;;/t28?,29-,30-;28-,29-;24-,25-;;;;;;;/m000......./s1. The number of halogens is 5. The Balaban J connectivity index is 0.000000209. The van der Waals surface area contributed by atoms with Crippen LogP contribution in [0.4, 0.5) is 43.3 Å². The van der Waals surface area contributed by atoms with E-state index in [9.17, 15) is 39.0 Å². The van der Waals surface area contributed by atoms with Crippen LogP contribution in [0.2, 0.25) is 15.1 Å². The molecule has 0 radical (unpaired) electrons. The van der Waals surface area contributed by atoms with E-state index in [1.807, 2.05) is 63.2 Å². The van der Waals surface area contributed by atoms with Crippen molar-refractivity contribution in [1.82, 2.24) is 69.1 Å². The number of rotatable bonds is 26. The van der Waals surface area contributed by atoms with Gasteiger partial charge >= 0.3 is 18.0 Å². The molecule has 3 aromatic heterocycles. The van der Waals surface area contributed by atoms with E-state index in [0.717, 1.165) is 232 Å². The molecule has 0 bridgehead atoms. The van der Waals surface area contributed by atoms with E-state index in [2.05, 4.69) is 173 Å². The van der Waals surface area contributed by atoms with Crippen LogP contribution in [0.5, 0.6) is 18.0 Å². The van der Waals surface area contributed by atoms with Crippen molar-refractivity contribution in [2.45, 2.75) is 172 Å². The zero-order chi connectivity index (χ0) is 99.2. The fraction of sp³-hybridized carbons (Fsp3) is 0.505. The number of hydrogen-bond acceptors (Lipinski definition) is 27. The van der Waals surface area contributed by atoms with Gasteiger partial charge in [0.05, 0.1) is 107 Å². The molecule has 1 N–H and O–H groups in total. The number of hydrogen-bond donors (Lipinski definition) is 1. The number of aliphatic hydroxyl groups is 1. The van der Waals surface area contributed by atoms with Gasteiger partial charge in [0.15, 0.2) is 0 Å². The van der Waals surface area contributed by atoms with Crippen molar-refractivity contribution < 1.29 is 42.5 Å². The van der Waals surface area contributed by atoms with Crippen LogP contribution in [-0.2, 0) is 53.3 Å². The Kier molecular flexibility index (Phi) is 45.5. The van der Waals surface area contributed by atoms with Crippen molar-refractivity contribution in [2.24, 2.45) is 0 Å². The highest BCUT2D eigenvalue weighted by Crippen LogP contribution is 2.44. The fourth-order valence-corrected chi connectivity index (χ4v) is 23.1. The van der Waals surface area contributed by atoms with Crippen molar-refractivity contribution >= 4 is 200 Å². The van der Waals surface area contributed by atoms with Gasteiger partial charge in [-0.1, -0.05) is 133 Å². The summed E-state index contributed by atoms with van der Waals surface area (Å²) in [6, 6.07) is 44.7. The maximum absolute atomic E-state index is 13.5. The van der Waals surface area contributed by atoms with Crippen molar-refractivity contribution in [3.8, 4) is 48.1 Å². The molecular formula is C109H142Cl3F2N23O7S6. The molecule has 3 amide bonds. The molecule has 1 unspecified atom stereocenters. The first-order chi connectivity index (χ1) is 69.7. The molecule has 30 nitrogen and oxygen atoms in total. The largest absolute Gasteiger partial charge is 0.462 e. The van der Waals surface area contributed by atoms with Crippen LogP contribution in [0.3, 0.4) is 0 Å². The minimum absolute atomic E-state index is 0. The third-order valence-electron chi connectivity index (χ3n) is 30.1. The number of nitrogens with zero attached hydrogens (tertiary/aromatic N) is 23. The van der Waals surface area contributed by atoms with E-state index in [0.29, 0.717) is 173 Å². The van der Waals surface area contributed by atoms with Crippen LogP contribution >= 0.6 is 116 Å². The third-order valence-corrected chi connectivity index (χ3v) is 31.1. The Bertz CT molecular complexity index is 6370. The minimum atomic E-state index is -0.747. The number of benzene rings is 6. The first-order valence-corrected chi connectivity index (χ1v) is 51.7. The van der Waals surface area contributed by atoms with E-state index in [-0.39, 0.29) is 150 Å². The molecule has 150 heavy (non-hydrogen) atoms. The number of alkyl halides is 2. The molecule has 20 rings (SSSR count). The Hall–Kier alpha value is -9.95. The minimum Gasteiger partial charge on any atom is -0.462 e. The number of fused-ring (bicyclic) bond motifs is 6. The van der Waals surface area contributed by atoms with Crippen LogP contribution in [-0.4, -0.2) is 326 Å². The highest BCUT2D eigenvalue weighted by atomic mass is 35.5. The summed E-state index contributed by atoms with van der Waals surface area (Å²) in [5, 5.41) is 46.7. The number of ether oxygens (including phenoxy) is 3. The Labute approximate surface area is 937 Å². The molecule has 9 aromatic rings. The summed E-state index contributed by atoms with van der Waals surface area (Å²) < 4.78 is 45.6. The van der Waals surface area contributed by atoms with Crippen molar-refractivity contribution in [1.29, 1.82) is 15.8 Å². The average Bonchev–Trinajstić information content (AvgIpc) is 0.780. The van der Waals surface area contributed by atoms with Crippen LogP contribution in [0, 0.1) is 45.8 Å². The quantitative estimate of drug-likeness (QED) is 0.0389. The summed E-state index contributed by atoms with van der Waals surface area (Å²) in [5.74, 6) is 6.83. The maximum Gasteiger partial charge on any atom is 0.318 e. The van der Waals surface area contributed by atoms with E-state index in [1.165, 1.54) is 0 Å². The molecule has 7 atom stereocenters. The number of nitriles is 3. The molecular weight excluding hydrogens is 2080 g/mol. The number of amides is 3. The van der Waals surface area contributed by atoms with E-state index in [1.54, 1.807) is 17.1 Å². The van der Waals surface area contributed by atoms with Gasteiger partial charge in [-0.25, -0.2) is 8.78 Å². The third kappa shape index (κ3) is 28.6. The summed E-state index contributed by atoms with van der Waals surface area (Å²) in [7, 11) is 6.38. The average molecular weight is 2220 g/mol. The predicted molar refractivity (Wildman–Crippen MR) is 623 cm³/mol. The van der Waals surface area contributed by atoms with Crippen LogP contribution in [0.1, 0.15) is 118 Å². The SMILES string of the molecule is C.CN1CCC[C@H]1COc1nc2c(c(N3CCN(C(=O)/C=C/CCN4CC(F)C4)[C@@H](CC#N)C3)n1)CCN(c1cccc3cccc(Cl)c13)C2.CN1CCC[C@H]1COc1nc2c(c(N3CCN(C(=O)/C=C/CCN4CCC(F)C4)[C@@H](CC#N)C3)n1)CCN(c1cccc3cccc(Cl)c13)C2.CN1CCC[C@H]1COc1nc2c(c(N3CCN(C(=O)C#CCO)[C@@H](CC#N)C3)n1)CCN(c1cccc3cccc(Cl)c13)C2.S.S.S.S.S.S. The zero-order valence-electron chi connectivity index (χ0n) is 84.8. The van der Waals surface area contributed by atoms with Gasteiger partial charge in [0.2, 0.25) is 11.8 Å². The molecule has 8 saturated heterocycles. The first-order valence-electron chi connectivity index (χ1n) is 50.6. The molecule has 806 valence electrons. The second kappa shape index (κ2) is 56.8. The normalized spacial score (nSPS) is 20.8. The molecule has 0 saturated carbocycles. The van der Waals surface area contributed by atoms with Crippen molar-refractivity contribution in [2.75, 3.05) is 214 Å². The zero-order valence-corrected chi connectivity index (χ0v) is 93.1. The highest BCUT2D eigenvalue weighted by Gasteiger charge is 2.41. The van der Waals surface area contributed by atoms with E-state index < -0.39 is 12.3 Å². The van der Waals surface area contributed by atoms with Gasteiger partial charge in [-0.3, -0.25) is 19.3 Å². The van der Waals surface area contributed by atoms with Gasteiger partial charge in [0.25, 0.3) is 5.91 Å². The second-order valence-electron chi connectivity index (χ2n) is 39.2. The molecule has 41 heteroatoms. The van der Waals surface area contributed by atoms with Gasteiger partial charge < -0.3 is 83.0 Å². The van der Waals surface area contributed by atoms with E-state index in [4.69, 9.17) is 84.0 Å². The summed E-state index contributed by atoms with van der Waals surface area (Å²) >= 11 is 20.2. The van der Waals surface area contributed by atoms with Crippen molar-refractivity contribution in [3.05, 3.63) is 182 Å². The lowest BCUT2D eigenvalue weighted by atomic mass is 10.0. The van der Waals surface area contributed by atoms with Gasteiger partial charge in [-0.05, 0) is 188 Å². The molecule has 6 aromatic carbocycles. The fourth-order valence-electron chi connectivity index (χ4n) is 22.2. The molecule has 11 aliphatic heterocycles. The summed E-state index contributed by atoms with van der Waals surface area (Å²) in [6.07, 6.45) is 17.0. The number of likely N-dealkylation sites (N-methyl/N-ethyl adjacent to an activating group) is 3. The lowest BCUT2D eigenvalue weighted by molar-refractivity contribution is -0.129. The summed E-state index contributed by atoms with van der Waals surface area (Å²) in [4.78, 5) is 99.3. The monoisotopic (exact) mass is 2220 g/mol. The highest BCUT2D eigenvalue weighted by molar-refractivity contribution is 7.60. The molecule has 8 fully saturated rings.